The molecule has 0 atom stereocenters. The molecule has 0 aliphatic heterocycles. The van der Waals surface area contributed by atoms with E-state index in [1.54, 1.807) is 11.3 Å². The zero-order chi connectivity index (χ0) is 15.0. The molecule has 0 saturated heterocycles. The first-order chi connectivity index (χ1) is 10.1. The Hall–Kier alpha value is -1.34. The van der Waals surface area contributed by atoms with Gasteiger partial charge in [0.05, 0.1) is 14.3 Å². The van der Waals surface area contributed by atoms with Crippen LogP contribution in [0.3, 0.4) is 0 Å². The van der Waals surface area contributed by atoms with Crippen molar-refractivity contribution in [2.75, 3.05) is 5.73 Å². The van der Waals surface area contributed by atoms with Gasteiger partial charge < -0.3 is 5.73 Å². The van der Waals surface area contributed by atoms with E-state index in [4.69, 9.17) is 10.8 Å². The van der Waals surface area contributed by atoms with E-state index >= 15 is 0 Å². The van der Waals surface area contributed by atoms with Gasteiger partial charge in [-0.05, 0) is 46.7 Å². The molecule has 108 valence electrons. The van der Waals surface area contributed by atoms with Crippen LogP contribution < -0.4 is 5.73 Å². The van der Waals surface area contributed by atoms with Crippen LogP contribution in [0.15, 0.2) is 41.8 Å². The fourth-order valence-electron chi connectivity index (χ4n) is 2.43. The van der Waals surface area contributed by atoms with E-state index in [1.807, 2.05) is 35.0 Å². The first-order valence-electron chi connectivity index (χ1n) is 6.76. The lowest BCUT2D eigenvalue weighted by Gasteiger charge is -2.07. The number of hydrogen-bond donors (Lipinski definition) is 1. The van der Waals surface area contributed by atoms with Crippen molar-refractivity contribution in [3.05, 3.63) is 50.2 Å². The van der Waals surface area contributed by atoms with Gasteiger partial charge in [0.2, 0.25) is 0 Å². The quantitative estimate of drug-likeness (QED) is 0.625. The average Bonchev–Trinajstić information content (AvgIpc) is 3.03. The summed E-state index contributed by atoms with van der Waals surface area (Å²) in [5.74, 6) is 1.06. The highest BCUT2D eigenvalue weighted by atomic mass is 127. The predicted molar refractivity (Wildman–Crippen MR) is 98.1 cm³/mol. The third kappa shape index (κ3) is 2.72. The minimum atomic E-state index is 0.329. The molecule has 1 aromatic carbocycles. The fraction of sp³-hybridized carbons (Fsp3) is 0.188. The van der Waals surface area contributed by atoms with Crippen LogP contribution in [-0.2, 0) is 0 Å². The molecule has 3 nitrogen and oxygen atoms in total. The normalized spacial score (nSPS) is 11.2. The van der Waals surface area contributed by atoms with Crippen molar-refractivity contribution in [1.82, 2.24) is 9.78 Å². The Labute approximate surface area is 141 Å². The van der Waals surface area contributed by atoms with E-state index in [9.17, 15) is 0 Å². The van der Waals surface area contributed by atoms with Gasteiger partial charge in [-0.1, -0.05) is 32.0 Å². The molecule has 3 rings (SSSR count). The van der Waals surface area contributed by atoms with Crippen LogP contribution in [0, 0.1) is 2.88 Å². The lowest BCUT2D eigenvalue weighted by Crippen LogP contribution is -2.03. The number of hydrogen-bond acceptors (Lipinski definition) is 3. The molecule has 0 spiro atoms. The molecule has 21 heavy (non-hydrogen) atoms. The molecule has 0 radical (unpaired) electrons. The van der Waals surface area contributed by atoms with Gasteiger partial charge in [0.15, 0.2) is 0 Å². The van der Waals surface area contributed by atoms with Gasteiger partial charge in [0.25, 0.3) is 0 Å². The molecule has 3 aromatic rings. The number of aromatic nitrogens is 2. The summed E-state index contributed by atoms with van der Waals surface area (Å²) in [6, 6.07) is 12.2. The van der Waals surface area contributed by atoms with Crippen LogP contribution >= 0.6 is 33.9 Å². The Morgan fingerprint density at radius 1 is 1.24 bits per heavy atom. The summed E-state index contributed by atoms with van der Waals surface area (Å²) in [5, 5.41) is 6.92. The van der Waals surface area contributed by atoms with E-state index < -0.39 is 0 Å². The number of nitrogens with zero attached hydrogens (tertiary/aromatic N) is 2. The van der Waals surface area contributed by atoms with Crippen molar-refractivity contribution in [3.63, 3.8) is 0 Å². The molecule has 0 unspecified atom stereocenters. The molecule has 2 aromatic heterocycles. The minimum absolute atomic E-state index is 0.329. The number of nitrogens with two attached hydrogens (primary N) is 1. The smallest absolute Gasteiger partial charge is 0.131 e. The maximum absolute atomic E-state index is 6.38. The third-order valence-corrected chi connectivity index (χ3v) is 5.17. The van der Waals surface area contributed by atoms with Gasteiger partial charge in [0.1, 0.15) is 5.82 Å². The number of para-hydroxylation sites is 1. The van der Waals surface area contributed by atoms with Crippen molar-refractivity contribution in [2.24, 2.45) is 0 Å². The van der Waals surface area contributed by atoms with E-state index in [1.165, 1.54) is 2.88 Å². The molecule has 0 amide bonds. The summed E-state index contributed by atoms with van der Waals surface area (Å²) in [7, 11) is 0. The van der Waals surface area contributed by atoms with Crippen LogP contribution in [0.2, 0.25) is 0 Å². The highest BCUT2D eigenvalue weighted by molar-refractivity contribution is 14.1. The van der Waals surface area contributed by atoms with Crippen molar-refractivity contribution < 1.29 is 0 Å². The van der Waals surface area contributed by atoms with Gasteiger partial charge in [-0.3, -0.25) is 0 Å². The number of anilines is 1. The number of nitrogen functional groups attached to an aromatic ring is 1. The van der Waals surface area contributed by atoms with Gasteiger partial charge in [-0.15, -0.1) is 11.3 Å². The summed E-state index contributed by atoms with van der Waals surface area (Å²) in [5.41, 5.74) is 10.6. The number of rotatable bonds is 3. The lowest BCUT2D eigenvalue weighted by atomic mass is 10.0. The molecule has 0 saturated carbocycles. The third-order valence-electron chi connectivity index (χ3n) is 3.38. The maximum Gasteiger partial charge on any atom is 0.131 e. The van der Waals surface area contributed by atoms with Gasteiger partial charge in [-0.2, -0.15) is 5.10 Å². The first kappa shape index (κ1) is 14.6. The van der Waals surface area contributed by atoms with Crippen molar-refractivity contribution >= 4 is 39.7 Å². The Kier molecular flexibility index (Phi) is 4.03. The molecule has 0 fully saturated rings. The molecule has 5 heteroatoms. The van der Waals surface area contributed by atoms with Crippen LogP contribution in [0.1, 0.15) is 25.3 Å². The zero-order valence-corrected chi connectivity index (χ0v) is 14.9. The summed E-state index contributed by atoms with van der Waals surface area (Å²) in [4.78, 5) is 0. The SMILES string of the molecule is CC(C)c1c(-c2csc(I)c2)nn(-c2ccccc2)c1N. The van der Waals surface area contributed by atoms with Gasteiger partial charge >= 0.3 is 0 Å². The van der Waals surface area contributed by atoms with Crippen molar-refractivity contribution in [3.8, 4) is 16.9 Å². The Morgan fingerprint density at radius 2 is 1.95 bits per heavy atom. The largest absolute Gasteiger partial charge is 0.383 e. The number of benzene rings is 1. The van der Waals surface area contributed by atoms with Gasteiger partial charge in [-0.25, -0.2) is 4.68 Å². The number of halogens is 1. The zero-order valence-electron chi connectivity index (χ0n) is 11.9. The standard InChI is InChI=1S/C16H16IN3S/c1-10(2)14-15(11-8-13(17)21-9-11)19-20(16(14)18)12-6-4-3-5-7-12/h3-10H,18H2,1-2H3. The molecule has 2 heterocycles. The monoisotopic (exact) mass is 409 g/mol. The molecule has 0 bridgehead atoms. The summed E-state index contributed by atoms with van der Waals surface area (Å²) < 4.78 is 3.10. The fourth-order valence-corrected chi connectivity index (χ4v) is 3.76. The lowest BCUT2D eigenvalue weighted by molar-refractivity contribution is 0.868. The minimum Gasteiger partial charge on any atom is -0.383 e. The summed E-state index contributed by atoms with van der Waals surface area (Å²) in [6.45, 7) is 4.31. The second-order valence-electron chi connectivity index (χ2n) is 5.19. The number of thiophene rings is 1. The molecule has 0 aliphatic carbocycles. The van der Waals surface area contributed by atoms with Crippen LogP contribution in [0.5, 0.6) is 0 Å². The van der Waals surface area contributed by atoms with Crippen molar-refractivity contribution in [2.45, 2.75) is 19.8 Å². The summed E-state index contributed by atoms with van der Waals surface area (Å²) in [6.07, 6.45) is 0. The van der Waals surface area contributed by atoms with E-state index in [-0.39, 0.29) is 0 Å². The Balaban J connectivity index is 2.21. The topological polar surface area (TPSA) is 43.8 Å². The first-order valence-corrected chi connectivity index (χ1v) is 8.72. The van der Waals surface area contributed by atoms with Crippen molar-refractivity contribution in [1.29, 1.82) is 0 Å². The highest BCUT2D eigenvalue weighted by Gasteiger charge is 2.21. The maximum atomic E-state index is 6.38. The molecule has 2 N–H and O–H groups in total. The van der Waals surface area contributed by atoms with E-state index in [0.29, 0.717) is 5.92 Å². The van der Waals surface area contributed by atoms with Gasteiger partial charge in [0, 0.05) is 16.5 Å². The van der Waals surface area contributed by atoms with Crippen LogP contribution in [0.4, 0.5) is 5.82 Å². The Morgan fingerprint density at radius 3 is 2.52 bits per heavy atom. The second-order valence-corrected chi connectivity index (χ2v) is 7.99. The molecule has 0 aliphatic rings. The average molecular weight is 409 g/mol. The molecular formula is C16H16IN3S. The second kappa shape index (κ2) is 5.81. The van der Waals surface area contributed by atoms with Crippen LogP contribution in [-0.4, -0.2) is 9.78 Å². The van der Waals surface area contributed by atoms with E-state index in [2.05, 4.69) is 47.9 Å². The highest BCUT2D eigenvalue weighted by Crippen LogP contribution is 2.36. The molecular weight excluding hydrogens is 393 g/mol. The predicted octanol–water partition coefficient (Wildman–Crippen LogP) is 4.91. The summed E-state index contributed by atoms with van der Waals surface area (Å²) >= 11 is 4.06. The Bertz CT molecular complexity index is 759. The van der Waals surface area contributed by atoms with E-state index in [0.717, 1.165) is 28.3 Å². The van der Waals surface area contributed by atoms with Crippen LogP contribution in [0.25, 0.3) is 16.9 Å².